The number of aromatic nitrogens is 2. The van der Waals surface area contributed by atoms with Gasteiger partial charge in [0.15, 0.2) is 0 Å². The number of nitrogens with one attached hydrogen (secondary N) is 1. The standard InChI is InChI=1S/C13H16N4/c1-2-12-15-5-7-17(12)13(3-1)16-6-4-10-8-14-9-11(10)16/h1-3,5,7,10-11,14H,4,6,8-9H2/t10-,11+/m0/s1. The van der Waals surface area contributed by atoms with Crippen LogP contribution in [-0.4, -0.2) is 35.1 Å². The fraction of sp³-hybridized carbons (Fsp3) is 0.462. The van der Waals surface area contributed by atoms with Crippen LogP contribution >= 0.6 is 0 Å². The van der Waals surface area contributed by atoms with Crippen molar-refractivity contribution in [2.24, 2.45) is 5.92 Å². The Labute approximate surface area is 100 Å². The maximum Gasteiger partial charge on any atom is 0.138 e. The van der Waals surface area contributed by atoms with Crippen molar-refractivity contribution in [1.29, 1.82) is 0 Å². The van der Waals surface area contributed by atoms with Gasteiger partial charge < -0.3 is 10.2 Å². The predicted octanol–water partition coefficient (Wildman–Crippen LogP) is 1.13. The van der Waals surface area contributed by atoms with Gasteiger partial charge in [-0.3, -0.25) is 4.40 Å². The average Bonchev–Trinajstić information content (AvgIpc) is 3.04. The second-order valence-corrected chi connectivity index (χ2v) is 5.01. The maximum atomic E-state index is 4.36. The van der Waals surface area contributed by atoms with Crippen molar-refractivity contribution < 1.29 is 0 Å². The Balaban J connectivity index is 1.81. The molecule has 2 aromatic heterocycles. The summed E-state index contributed by atoms with van der Waals surface area (Å²) in [5.74, 6) is 2.12. The Morgan fingerprint density at radius 3 is 3.29 bits per heavy atom. The predicted molar refractivity (Wildman–Crippen MR) is 67.3 cm³/mol. The average molecular weight is 228 g/mol. The van der Waals surface area contributed by atoms with Crippen molar-refractivity contribution in [2.45, 2.75) is 12.5 Å². The van der Waals surface area contributed by atoms with E-state index in [-0.39, 0.29) is 0 Å². The Hall–Kier alpha value is -1.55. The molecular formula is C13H16N4. The number of fused-ring (bicyclic) bond motifs is 2. The van der Waals surface area contributed by atoms with E-state index < -0.39 is 0 Å². The molecule has 0 spiro atoms. The van der Waals surface area contributed by atoms with Crippen LogP contribution < -0.4 is 10.2 Å². The maximum absolute atomic E-state index is 4.36. The summed E-state index contributed by atoms with van der Waals surface area (Å²) >= 11 is 0. The molecule has 2 aliphatic heterocycles. The summed E-state index contributed by atoms with van der Waals surface area (Å²) in [5, 5.41) is 3.50. The third-order valence-corrected chi connectivity index (χ3v) is 4.15. The Morgan fingerprint density at radius 1 is 1.29 bits per heavy atom. The highest BCUT2D eigenvalue weighted by atomic mass is 15.3. The van der Waals surface area contributed by atoms with E-state index in [4.69, 9.17) is 0 Å². The van der Waals surface area contributed by atoms with Gasteiger partial charge in [0.2, 0.25) is 0 Å². The van der Waals surface area contributed by atoms with Crippen molar-refractivity contribution in [3.8, 4) is 0 Å². The molecule has 0 amide bonds. The second-order valence-electron chi connectivity index (χ2n) is 5.01. The number of rotatable bonds is 1. The molecule has 2 aromatic rings. The van der Waals surface area contributed by atoms with Crippen molar-refractivity contribution in [1.82, 2.24) is 14.7 Å². The zero-order chi connectivity index (χ0) is 11.2. The lowest BCUT2D eigenvalue weighted by molar-refractivity contribution is 0.577. The fourth-order valence-corrected chi connectivity index (χ4v) is 3.30. The van der Waals surface area contributed by atoms with E-state index in [1.807, 2.05) is 6.20 Å². The molecule has 2 fully saturated rings. The molecule has 17 heavy (non-hydrogen) atoms. The first-order valence-electron chi connectivity index (χ1n) is 6.33. The molecule has 0 unspecified atom stereocenters. The van der Waals surface area contributed by atoms with E-state index in [1.54, 1.807) is 0 Å². The van der Waals surface area contributed by atoms with Crippen LogP contribution in [0.25, 0.3) is 5.65 Å². The van der Waals surface area contributed by atoms with Gasteiger partial charge in [0.1, 0.15) is 11.5 Å². The first kappa shape index (κ1) is 9.48. The third kappa shape index (κ3) is 1.30. The highest BCUT2D eigenvalue weighted by Gasteiger charge is 2.38. The molecular weight excluding hydrogens is 212 g/mol. The molecule has 88 valence electrons. The van der Waals surface area contributed by atoms with Crippen molar-refractivity contribution in [3.05, 3.63) is 30.6 Å². The number of anilines is 1. The van der Waals surface area contributed by atoms with Gasteiger partial charge in [-0.25, -0.2) is 4.98 Å². The quantitative estimate of drug-likeness (QED) is 0.794. The summed E-state index contributed by atoms with van der Waals surface area (Å²) in [6.45, 7) is 3.48. The molecule has 0 radical (unpaired) electrons. The van der Waals surface area contributed by atoms with Gasteiger partial charge in [0.25, 0.3) is 0 Å². The van der Waals surface area contributed by atoms with Crippen molar-refractivity contribution in [3.63, 3.8) is 0 Å². The number of nitrogens with zero attached hydrogens (tertiary/aromatic N) is 3. The number of hydrogen-bond acceptors (Lipinski definition) is 3. The van der Waals surface area contributed by atoms with Gasteiger partial charge in [-0.1, -0.05) is 6.07 Å². The molecule has 0 aliphatic carbocycles. The van der Waals surface area contributed by atoms with Crippen LogP contribution in [0.5, 0.6) is 0 Å². The minimum absolute atomic E-state index is 0.669. The molecule has 4 nitrogen and oxygen atoms in total. The number of hydrogen-bond donors (Lipinski definition) is 1. The number of pyridine rings is 1. The normalized spacial score (nSPS) is 27.9. The highest BCUT2D eigenvalue weighted by Crippen LogP contribution is 2.31. The molecule has 2 aliphatic rings. The molecule has 1 N–H and O–H groups in total. The lowest BCUT2D eigenvalue weighted by atomic mass is 10.1. The summed E-state index contributed by atoms with van der Waals surface area (Å²) in [5.41, 5.74) is 1.04. The van der Waals surface area contributed by atoms with Crippen LogP contribution in [0.2, 0.25) is 0 Å². The summed E-state index contributed by atoms with van der Waals surface area (Å²) in [6.07, 6.45) is 5.24. The zero-order valence-corrected chi connectivity index (χ0v) is 9.71. The molecule has 4 rings (SSSR count). The largest absolute Gasteiger partial charge is 0.353 e. The van der Waals surface area contributed by atoms with E-state index in [1.165, 1.54) is 25.3 Å². The van der Waals surface area contributed by atoms with E-state index in [2.05, 4.69) is 44.0 Å². The third-order valence-electron chi connectivity index (χ3n) is 4.15. The van der Waals surface area contributed by atoms with Gasteiger partial charge in [-0.2, -0.15) is 0 Å². The van der Waals surface area contributed by atoms with Gasteiger partial charge in [-0.15, -0.1) is 0 Å². The summed E-state index contributed by atoms with van der Waals surface area (Å²) in [4.78, 5) is 6.90. The summed E-state index contributed by atoms with van der Waals surface area (Å²) in [7, 11) is 0. The van der Waals surface area contributed by atoms with Gasteiger partial charge in [0.05, 0.1) is 0 Å². The Morgan fingerprint density at radius 2 is 2.29 bits per heavy atom. The molecule has 0 bridgehead atoms. The summed E-state index contributed by atoms with van der Waals surface area (Å²) < 4.78 is 2.20. The zero-order valence-electron chi connectivity index (χ0n) is 9.71. The van der Waals surface area contributed by atoms with Gasteiger partial charge in [0, 0.05) is 38.1 Å². The Kier molecular flexibility index (Phi) is 1.93. The molecule has 0 saturated carbocycles. The molecule has 4 heterocycles. The Bertz CT molecular complexity index is 547. The van der Waals surface area contributed by atoms with Crippen LogP contribution in [0.4, 0.5) is 5.82 Å². The lowest BCUT2D eigenvalue weighted by Crippen LogP contribution is -2.35. The molecule has 4 heteroatoms. The lowest BCUT2D eigenvalue weighted by Gasteiger charge is -2.26. The van der Waals surface area contributed by atoms with Crippen LogP contribution in [0, 0.1) is 5.92 Å². The van der Waals surface area contributed by atoms with Crippen LogP contribution in [0.1, 0.15) is 6.42 Å². The highest BCUT2D eigenvalue weighted by molar-refractivity contribution is 5.53. The minimum atomic E-state index is 0.669. The van der Waals surface area contributed by atoms with Crippen LogP contribution in [0.3, 0.4) is 0 Å². The van der Waals surface area contributed by atoms with Gasteiger partial charge >= 0.3 is 0 Å². The van der Waals surface area contributed by atoms with E-state index in [0.717, 1.165) is 18.1 Å². The SMILES string of the molecule is c1cc(N2CC[C@H]3CNC[C@H]32)n2ccnc2c1. The monoisotopic (exact) mass is 228 g/mol. The fourth-order valence-electron chi connectivity index (χ4n) is 3.30. The van der Waals surface area contributed by atoms with Crippen LogP contribution in [-0.2, 0) is 0 Å². The molecule has 2 saturated heterocycles. The van der Waals surface area contributed by atoms with Gasteiger partial charge in [-0.05, 0) is 24.5 Å². The van der Waals surface area contributed by atoms with Crippen LogP contribution in [0.15, 0.2) is 30.6 Å². The van der Waals surface area contributed by atoms with E-state index >= 15 is 0 Å². The molecule has 0 aromatic carbocycles. The minimum Gasteiger partial charge on any atom is -0.353 e. The van der Waals surface area contributed by atoms with E-state index in [9.17, 15) is 0 Å². The van der Waals surface area contributed by atoms with Crippen molar-refractivity contribution in [2.75, 3.05) is 24.5 Å². The number of imidazole rings is 1. The van der Waals surface area contributed by atoms with Crippen molar-refractivity contribution >= 4 is 11.5 Å². The second kappa shape index (κ2) is 3.47. The molecule has 2 atom stereocenters. The first-order valence-corrected chi connectivity index (χ1v) is 6.33. The first-order chi connectivity index (χ1) is 8.43. The van der Waals surface area contributed by atoms with E-state index in [0.29, 0.717) is 6.04 Å². The summed E-state index contributed by atoms with van der Waals surface area (Å²) in [6, 6.07) is 7.04. The topological polar surface area (TPSA) is 32.6 Å². The smallest absolute Gasteiger partial charge is 0.138 e.